The van der Waals surface area contributed by atoms with Crippen molar-refractivity contribution in [3.63, 3.8) is 0 Å². The highest BCUT2D eigenvalue weighted by atomic mass is 16.5. The lowest BCUT2D eigenvalue weighted by Crippen LogP contribution is -2.40. The van der Waals surface area contributed by atoms with Crippen LogP contribution in [-0.2, 0) is 24.2 Å². The molecule has 100 valence electrons. The molecule has 6 heteroatoms. The first-order chi connectivity index (χ1) is 8.75. The van der Waals surface area contributed by atoms with Crippen LogP contribution in [0.1, 0.15) is 24.5 Å². The minimum atomic E-state index is -0.390. The van der Waals surface area contributed by atoms with E-state index in [2.05, 4.69) is 19.7 Å². The molecule has 0 aliphatic carbocycles. The summed E-state index contributed by atoms with van der Waals surface area (Å²) in [5.41, 5.74) is 0. The Kier molecular flexibility index (Phi) is 3.32. The summed E-state index contributed by atoms with van der Waals surface area (Å²) in [7, 11) is 2.01. The lowest BCUT2D eigenvalue weighted by Gasteiger charge is -2.25. The number of rotatable bonds is 3. The molecule has 1 aromatic rings. The second-order valence-electron chi connectivity index (χ2n) is 5.23. The molecule has 3 heterocycles. The lowest BCUT2D eigenvalue weighted by atomic mass is 10.1. The van der Waals surface area contributed by atoms with Gasteiger partial charge < -0.3 is 14.4 Å². The van der Waals surface area contributed by atoms with E-state index in [0.717, 1.165) is 31.2 Å². The van der Waals surface area contributed by atoms with Crippen molar-refractivity contribution in [3.8, 4) is 0 Å². The molecule has 0 bridgehead atoms. The Bertz CT molecular complexity index is 420. The third-order valence-electron chi connectivity index (χ3n) is 3.91. The average Bonchev–Trinajstić information content (AvgIpc) is 2.97. The number of aliphatic hydroxyl groups excluding tert-OH is 1. The summed E-state index contributed by atoms with van der Waals surface area (Å²) in [4.78, 5) is 2.11. The normalized spacial score (nSPS) is 27.7. The molecule has 0 amide bonds. The number of hydrogen-bond donors (Lipinski definition) is 1. The Labute approximate surface area is 107 Å². The van der Waals surface area contributed by atoms with Crippen LogP contribution in [-0.4, -0.2) is 57.2 Å². The SMILES string of the molecule is CN(Cc1nnc2n1CCCC2)[C@@H]1COC[C@H]1O. The van der Waals surface area contributed by atoms with Gasteiger partial charge in [0.05, 0.1) is 31.9 Å². The summed E-state index contributed by atoms with van der Waals surface area (Å²) in [6.07, 6.45) is 3.06. The van der Waals surface area contributed by atoms with Gasteiger partial charge in [-0.1, -0.05) is 0 Å². The molecule has 0 radical (unpaired) electrons. The largest absolute Gasteiger partial charge is 0.389 e. The van der Waals surface area contributed by atoms with E-state index in [0.29, 0.717) is 13.2 Å². The maximum absolute atomic E-state index is 9.82. The van der Waals surface area contributed by atoms with Gasteiger partial charge in [-0.05, 0) is 19.9 Å². The maximum Gasteiger partial charge on any atom is 0.147 e. The lowest BCUT2D eigenvalue weighted by molar-refractivity contribution is 0.0906. The molecule has 18 heavy (non-hydrogen) atoms. The summed E-state index contributed by atoms with van der Waals surface area (Å²) in [5.74, 6) is 2.11. The molecule has 3 rings (SSSR count). The second kappa shape index (κ2) is 4.95. The molecule has 0 spiro atoms. The first-order valence-corrected chi connectivity index (χ1v) is 6.62. The second-order valence-corrected chi connectivity index (χ2v) is 5.23. The third-order valence-corrected chi connectivity index (χ3v) is 3.91. The van der Waals surface area contributed by atoms with E-state index < -0.39 is 6.10 Å². The van der Waals surface area contributed by atoms with Crippen LogP contribution in [0.3, 0.4) is 0 Å². The molecule has 6 nitrogen and oxygen atoms in total. The van der Waals surface area contributed by atoms with Gasteiger partial charge in [0.1, 0.15) is 11.6 Å². The zero-order valence-electron chi connectivity index (χ0n) is 10.7. The molecule has 0 unspecified atom stereocenters. The topological polar surface area (TPSA) is 63.4 Å². The van der Waals surface area contributed by atoms with E-state index in [1.807, 2.05) is 7.05 Å². The molecule has 2 atom stereocenters. The highest BCUT2D eigenvalue weighted by molar-refractivity contribution is 4.99. The number of aliphatic hydroxyl groups is 1. The standard InChI is InChI=1S/C12H20N4O2/c1-15(9-7-18-8-10(9)17)6-12-14-13-11-4-2-3-5-16(11)12/h9-10,17H,2-8H2,1H3/t9-,10-/m1/s1. The fourth-order valence-electron chi connectivity index (χ4n) is 2.78. The van der Waals surface area contributed by atoms with Crippen LogP contribution in [0.15, 0.2) is 0 Å². The Morgan fingerprint density at radius 3 is 3.06 bits per heavy atom. The van der Waals surface area contributed by atoms with Crippen molar-refractivity contribution in [1.29, 1.82) is 0 Å². The van der Waals surface area contributed by atoms with Crippen molar-refractivity contribution in [2.75, 3.05) is 20.3 Å². The van der Waals surface area contributed by atoms with Crippen LogP contribution in [0.4, 0.5) is 0 Å². The molecule has 1 N–H and O–H groups in total. The molecule has 1 aromatic heterocycles. The smallest absolute Gasteiger partial charge is 0.147 e. The molecule has 1 fully saturated rings. The molecule has 0 saturated carbocycles. The first-order valence-electron chi connectivity index (χ1n) is 6.62. The highest BCUT2D eigenvalue weighted by Crippen LogP contribution is 2.18. The van der Waals surface area contributed by atoms with Gasteiger partial charge >= 0.3 is 0 Å². The number of ether oxygens (including phenoxy) is 1. The zero-order chi connectivity index (χ0) is 12.5. The van der Waals surface area contributed by atoms with Gasteiger partial charge in [0, 0.05) is 13.0 Å². The van der Waals surface area contributed by atoms with Gasteiger partial charge in [0.2, 0.25) is 0 Å². The van der Waals surface area contributed by atoms with Crippen LogP contribution in [0.5, 0.6) is 0 Å². The van der Waals surface area contributed by atoms with E-state index in [4.69, 9.17) is 4.74 Å². The van der Waals surface area contributed by atoms with Crippen LogP contribution in [0.2, 0.25) is 0 Å². The van der Waals surface area contributed by atoms with Crippen LogP contribution < -0.4 is 0 Å². The van der Waals surface area contributed by atoms with Crippen molar-refractivity contribution in [3.05, 3.63) is 11.6 Å². The first kappa shape index (κ1) is 12.1. The molecule has 0 aromatic carbocycles. The van der Waals surface area contributed by atoms with E-state index in [9.17, 15) is 5.11 Å². The van der Waals surface area contributed by atoms with Gasteiger partial charge in [-0.25, -0.2) is 0 Å². The number of aryl methyl sites for hydroxylation is 1. The minimum absolute atomic E-state index is 0.0709. The Morgan fingerprint density at radius 2 is 2.28 bits per heavy atom. The van der Waals surface area contributed by atoms with E-state index in [1.54, 1.807) is 0 Å². The zero-order valence-corrected chi connectivity index (χ0v) is 10.7. The van der Waals surface area contributed by atoms with Gasteiger partial charge in [-0.15, -0.1) is 10.2 Å². The summed E-state index contributed by atoms with van der Waals surface area (Å²) >= 11 is 0. The summed E-state index contributed by atoms with van der Waals surface area (Å²) in [5, 5.41) is 18.3. The quantitative estimate of drug-likeness (QED) is 0.807. The number of aromatic nitrogens is 3. The van der Waals surface area contributed by atoms with Gasteiger partial charge in [0.25, 0.3) is 0 Å². The summed E-state index contributed by atoms with van der Waals surface area (Å²) in [6, 6.07) is 0.0709. The monoisotopic (exact) mass is 252 g/mol. The predicted molar refractivity (Wildman–Crippen MR) is 65.0 cm³/mol. The van der Waals surface area contributed by atoms with Gasteiger partial charge in [-0.2, -0.15) is 0 Å². The number of likely N-dealkylation sites (N-methyl/N-ethyl adjacent to an activating group) is 1. The fourth-order valence-corrected chi connectivity index (χ4v) is 2.78. The molecular weight excluding hydrogens is 232 g/mol. The van der Waals surface area contributed by atoms with Crippen molar-refractivity contribution >= 4 is 0 Å². The van der Waals surface area contributed by atoms with Crippen molar-refractivity contribution in [1.82, 2.24) is 19.7 Å². The minimum Gasteiger partial charge on any atom is -0.389 e. The molecule has 1 saturated heterocycles. The molecule has 2 aliphatic rings. The van der Waals surface area contributed by atoms with E-state index in [1.165, 1.54) is 12.8 Å². The molecular formula is C12H20N4O2. The Morgan fingerprint density at radius 1 is 1.39 bits per heavy atom. The van der Waals surface area contributed by atoms with Crippen LogP contribution in [0.25, 0.3) is 0 Å². The van der Waals surface area contributed by atoms with Crippen LogP contribution >= 0.6 is 0 Å². The van der Waals surface area contributed by atoms with Crippen molar-refractivity contribution < 1.29 is 9.84 Å². The van der Waals surface area contributed by atoms with E-state index >= 15 is 0 Å². The fraction of sp³-hybridized carbons (Fsp3) is 0.833. The summed E-state index contributed by atoms with van der Waals surface area (Å²) < 4.78 is 7.51. The van der Waals surface area contributed by atoms with Gasteiger partial charge in [0.15, 0.2) is 0 Å². The van der Waals surface area contributed by atoms with Crippen LogP contribution in [0, 0.1) is 0 Å². The number of nitrogens with zero attached hydrogens (tertiary/aromatic N) is 4. The third kappa shape index (κ3) is 2.15. The van der Waals surface area contributed by atoms with E-state index in [-0.39, 0.29) is 6.04 Å². The average molecular weight is 252 g/mol. The van der Waals surface area contributed by atoms with Crippen molar-refractivity contribution in [2.45, 2.75) is 44.5 Å². The Balaban J connectivity index is 1.70. The maximum atomic E-state index is 9.82. The summed E-state index contributed by atoms with van der Waals surface area (Å²) in [6.45, 7) is 2.78. The predicted octanol–water partition coefficient (Wildman–Crippen LogP) is -0.194. The highest BCUT2D eigenvalue weighted by Gasteiger charge is 2.30. The number of hydrogen-bond acceptors (Lipinski definition) is 5. The Hall–Kier alpha value is -0.980. The van der Waals surface area contributed by atoms with Crippen molar-refractivity contribution in [2.24, 2.45) is 0 Å². The molecule has 2 aliphatic heterocycles. The number of fused-ring (bicyclic) bond motifs is 1. The van der Waals surface area contributed by atoms with Gasteiger partial charge in [-0.3, -0.25) is 4.90 Å².